The van der Waals surface area contributed by atoms with Crippen molar-refractivity contribution < 1.29 is 28.6 Å². The van der Waals surface area contributed by atoms with Crippen LogP contribution < -0.4 is 5.32 Å². The molecule has 2 saturated heterocycles. The molecule has 0 saturated carbocycles. The van der Waals surface area contributed by atoms with Gasteiger partial charge in [-0.1, -0.05) is 0 Å². The topological polar surface area (TPSA) is 94.2 Å². The van der Waals surface area contributed by atoms with E-state index in [4.69, 9.17) is 14.2 Å². The fraction of sp³-hybridized carbons (Fsp3) is 0.824. The van der Waals surface area contributed by atoms with Crippen LogP contribution in [0.3, 0.4) is 0 Å². The normalized spacial score (nSPS) is 28.4. The maximum Gasteiger partial charge on any atom is 0.410 e. The van der Waals surface area contributed by atoms with E-state index in [1.165, 1.54) is 4.90 Å². The van der Waals surface area contributed by atoms with Crippen LogP contribution in [-0.2, 0) is 23.8 Å². The lowest BCUT2D eigenvalue weighted by molar-refractivity contribution is -0.171. The number of amides is 1. The van der Waals surface area contributed by atoms with Crippen molar-refractivity contribution >= 4 is 18.0 Å². The maximum atomic E-state index is 12.8. The van der Waals surface area contributed by atoms with Gasteiger partial charge in [0.2, 0.25) is 0 Å². The Morgan fingerprint density at radius 2 is 1.40 bits per heavy atom. The van der Waals surface area contributed by atoms with Gasteiger partial charge in [0.05, 0.1) is 13.2 Å². The molecule has 2 heterocycles. The third-order valence-corrected chi connectivity index (χ3v) is 4.68. The molecule has 1 N–H and O–H groups in total. The molecule has 2 atom stereocenters. The SMILES string of the molecule is CCOC(=O)[C@@]12CNC[C@@]1(C(=O)OCC)CN(C(=O)OC(C)(C)C)C2. The zero-order valence-corrected chi connectivity index (χ0v) is 15.6. The van der Waals surface area contributed by atoms with Gasteiger partial charge in [0.25, 0.3) is 0 Å². The van der Waals surface area contributed by atoms with E-state index < -0.39 is 34.5 Å². The number of hydrogen-bond acceptors (Lipinski definition) is 7. The predicted molar refractivity (Wildman–Crippen MR) is 88.8 cm³/mol. The number of likely N-dealkylation sites (tertiary alicyclic amines) is 1. The standard InChI is InChI=1S/C17H28N2O6/c1-6-23-12(20)16-8-18-9-17(16,13(21)24-7-2)11-19(10-16)14(22)25-15(3,4)5/h18H,6-11H2,1-5H3/t16-,17-/m0/s1. The van der Waals surface area contributed by atoms with Gasteiger partial charge in [-0.3, -0.25) is 9.59 Å². The summed E-state index contributed by atoms with van der Waals surface area (Å²) < 4.78 is 15.9. The van der Waals surface area contributed by atoms with Gasteiger partial charge in [-0.15, -0.1) is 0 Å². The molecule has 0 aromatic carbocycles. The highest BCUT2D eigenvalue weighted by Gasteiger charge is 2.71. The number of hydrogen-bond donors (Lipinski definition) is 1. The van der Waals surface area contributed by atoms with Crippen LogP contribution in [0.5, 0.6) is 0 Å². The molecule has 0 aromatic rings. The molecule has 0 radical (unpaired) electrons. The van der Waals surface area contributed by atoms with E-state index in [0.29, 0.717) is 0 Å². The molecule has 0 bridgehead atoms. The summed E-state index contributed by atoms with van der Waals surface area (Å²) >= 11 is 0. The number of ether oxygens (including phenoxy) is 3. The van der Waals surface area contributed by atoms with E-state index >= 15 is 0 Å². The van der Waals surface area contributed by atoms with Gasteiger partial charge < -0.3 is 24.4 Å². The average Bonchev–Trinajstić information content (AvgIpc) is 3.00. The van der Waals surface area contributed by atoms with E-state index in [0.717, 1.165) is 0 Å². The van der Waals surface area contributed by atoms with Gasteiger partial charge >= 0.3 is 18.0 Å². The van der Waals surface area contributed by atoms with Crippen molar-refractivity contribution in [2.75, 3.05) is 39.4 Å². The van der Waals surface area contributed by atoms with Crippen LogP contribution in [0.1, 0.15) is 34.6 Å². The van der Waals surface area contributed by atoms with E-state index in [1.807, 2.05) is 0 Å². The number of rotatable bonds is 4. The molecular weight excluding hydrogens is 328 g/mol. The number of esters is 2. The molecule has 142 valence electrons. The van der Waals surface area contributed by atoms with Crippen LogP contribution in [-0.4, -0.2) is 67.9 Å². The third kappa shape index (κ3) is 3.31. The van der Waals surface area contributed by atoms with Crippen LogP contribution in [0.15, 0.2) is 0 Å². The van der Waals surface area contributed by atoms with Crippen LogP contribution >= 0.6 is 0 Å². The Bertz CT molecular complexity index is 524. The zero-order chi connectivity index (χ0) is 18.9. The Morgan fingerprint density at radius 3 is 1.76 bits per heavy atom. The predicted octanol–water partition coefficient (Wildman–Crippen LogP) is 0.939. The number of carbonyl (C=O) groups excluding carboxylic acids is 3. The zero-order valence-electron chi connectivity index (χ0n) is 15.6. The molecule has 8 nitrogen and oxygen atoms in total. The van der Waals surface area contributed by atoms with Crippen molar-refractivity contribution in [3.8, 4) is 0 Å². The van der Waals surface area contributed by atoms with Crippen molar-refractivity contribution in [3.05, 3.63) is 0 Å². The van der Waals surface area contributed by atoms with Crippen LogP contribution in [0.4, 0.5) is 4.79 Å². The highest BCUT2D eigenvalue weighted by atomic mass is 16.6. The highest BCUT2D eigenvalue weighted by molar-refractivity contribution is 5.92. The van der Waals surface area contributed by atoms with Crippen molar-refractivity contribution in [2.45, 2.75) is 40.2 Å². The minimum Gasteiger partial charge on any atom is -0.465 e. The second kappa shape index (κ2) is 6.82. The van der Waals surface area contributed by atoms with Crippen molar-refractivity contribution in [1.82, 2.24) is 10.2 Å². The molecule has 0 spiro atoms. The summed E-state index contributed by atoms with van der Waals surface area (Å²) in [5, 5.41) is 3.11. The minimum absolute atomic E-state index is 0.0621. The van der Waals surface area contributed by atoms with E-state index in [1.54, 1.807) is 34.6 Å². The quantitative estimate of drug-likeness (QED) is 0.592. The second-order valence-electron chi connectivity index (χ2n) is 7.55. The summed E-state index contributed by atoms with van der Waals surface area (Å²) in [7, 11) is 0. The summed E-state index contributed by atoms with van der Waals surface area (Å²) in [5.74, 6) is -0.974. The Morgan fingerprint density at radius 1 is 0.960 bits per heavy atom. The molecule has 0 aromatic heterocycles. The molecule has 0 aliphatic carbocycles. The summed E-state index contributed by atoms with van der Waals surface area (Å²) in [6.45, 7) is 9.76. The summed E-state index contributed by atoms with van der Waals surface area (Å²) in [5.41, 5.74) is -2.99. The molecule has 8 heteroatoms. The monoisotopic (exact) mass is 356 g/mol. The van der Waals surface area contributed by atoms with Crippen LogP contribution in [0.25, 0.3) is 0 Å². The smallest absolute Gasteiger partial charge is 0.410 e. The van der Waals surface area contributed by atoms with Gasteiger partial charge in [-0.25, -0.2) is 4.79 Å². The van der Waals surface area contributed by atoms with Crippen molar-refractivity contribution in [3.63, 3.8) is 0 Å². The Kier molecular flexibility index (Phi) is 5.32. The fourth-order valence-electron chi connectivity index (χ4n) is 3.61. The largest absolute Gasteiger partial charge is 0.465 e. The number of fused-ring (bicyclic) bond motifs is 1. The van der Waals surface area contributed by atoms with Gasteiger partial charge in [0.1, 0.15) is 16.4 Å². The van der Waals surface area contributed by atoms with Gasteiger partial charge in [0, 0.05) is 26.2 Å². The lowest BCUT2D eigenvalue weighted by atomic mass is 9.68. The first-order valence-electron chi connectivity index (χ1n) is 8.65. The maximum absolute atomic E-state index is 12.8. The molecule has 2 rings (SSSR count). The van der Waals surface area contributed by atoms with Crippen LogP contribution in [0, 0.1) is 10.8 Å². The third-order valence-electron chi connectivity index (χ3n) is 4.68. The van der Waals surface area contributed by atoms with E-state index in [9.17, 15) is 14.4 Å². The average molecular weight is 356 g/mol. The second-order valence-corrected chi connectivity index (χ2v) is 7.55. The first-order chi connectivity index (χ1) is 11.6. The van der Waals surface area contributed by atoms with Gasteiger partial charge in [0.15, 0.2) is 0 Å². The van der Waals surface area contributed by atoms with Crippen LogP contribution in [0.2, 0.25) is 0 Å². The molecule has 2 aliphatic heterocycles. The molecule has 2 aliphatic rings. The summed E-state index contributed by atoms with van der Waals surface area (Å²) in [6.07, 6.45) is -0.547. The summed E-state index contributed by atoms with van der Waals surface area (Å²) in [6, 6.07) is 0. The van der Waals surface area contributed by atoms with Gasteiger partial charge in [-0.2, -0.15) is 0 Å². The lowest BCUT2D eigenvalue weighted by Crippen LogP contribution is -2.52. The Balaban J connectivity index is 2.37. The lowest BCUT2D eigenvalue weighted by Gasteiger charge is -2.33. The van der Waals surface area contributed by atoms with E-state index in [2.05, 4.69) is 5.32 Å². The molecule has 2 fully saturated rings. The first-order valence-corrected chi connectivity index (χ1v) is 8.65. The van der Waals surface area contributed by atoms with Crippen molar-refractivity contribution in [2.24, 2.45) is 10.8 Å². The van der Waals surface area contributed by atoms with Crippen molar-refractivity contribution in [1.29, 1.82) is 0 Å². The fourth-order valence-corrected chi connectivity index (χ4v) is 3.61. The molecule has 25 heavy (non-hydrogen) atoms. The first kappa shape index (κ1) is 19.5. The number of nitrogens with zero attached hydrogens (tertiary/aromatic N) is 1. The number of nitrogens with one attached hydrogen (secondary N) is 1. The number of carbonyl (C=O) groups is 3. The molecular formula is C17H28N2O6. The molecule has 0 unspecified atom stereocenters. The highest BCUT2D eigenvalue weighted by Crippen LogP contribution is 2.51. The Labute approximate surface area is 148 Å². The minimum atomic E-state index is -1.16. The summed E-state index contributed by atoms with van der Waals surface area (Å²) in [4.78, 5) is 39.5. The van der Waals surface area contributed by atoms with E-state index in [-0.39, 0.29) is 39.4 Å². The Hall–Kier alpha value is -1.83. The van der Waals surface area contributed by atoms with Gasteiger partial charge in [-0.05, 0) is 34.6 Å². The molecule has 1 amide bonds.